The summed E-state index contributed by atoms with van der Waals surface area (Å²) in [5.74, 6) is -1.64. The topological polar surface area (TPSA) is 107 Å². The molecule has 0 heterocycles. The standard InChI is InChI=1S/C16H22O7S.Ca.2H/c1-15(2,3)22-13(17)10-7-11(14(18)23-16(4,5)6)9-12(8-10)24(19,20)21;;;/h7-9H,1-6H3,(H,19,20,21);;;. The molecule has 0 aliphatic heterocycles. The second-order valence-electron chi connectivity index (χ2n) is 7.22. The summed E-state index contributed by atoms with van der Waals surface area (Å²) < 4.78 is 42.4. The molecule has 0 saturated heterocycles. The van der Waals surface area contributed by atoms with Gasteiger partial charge in [0, 0.05) is 0 Å². The summed E-state index contributed by atoms with van der Waals surface area (Å²) in [6.07, 6.45) is 0. The molecule has 0 saturated carbocycles. The van der Waals surface area contributed by atoms with Crippen LogP contribution in [0.25, 0.3) is 0 Å². The summed E-state index contributed by atoms with van der Waals surface area (Å²) in [6.45, 7) is 9.87. The van der Waals surface area contributed by atoms with Crippen LogP contribution in [0.1, 0.15) is 62.3 Å². The third-order valence-electron chi connectivity index (χ3n) is 2.47. The SMILES string of the molecule is CC(C)(C)OC(=O)c1cc(C(=O)OC(C)(C)C)cc(S(=O)(=O)O)c1.[CaH2]. The number of hydrogen-bond acceptors (Lipinski definition) is 6. The van der Waals surface area contributed by atoms with Gasteiger partial charge in [-0.2, -0.15) is 8.42 Å². The Kier molecular flexibility index (Phi) is 8.12. The Labute approximate surface area is 177 Å². The molecule has 7 nitrogen and oxygen atoms in total. The Balaban J connectivity index is 0.00000576. The Morgan fingerprint density at radius 2 is 1.16 bits per heavy atom. The molecule has 0 amide bonds. The molecule has 1 N–H and O–H groups in total. The zero-order valence-electron chi connectivity index (χ0n) is 14.5. The van der Waals surface area contributed by atoms with Gasteiger partial charge in [0.2, 0.25) is 0 Å². The van der Waals surface area contributed by atoms with Crippen LogP contribution in [-0.4, -0.2) is 73.8 Å². The van der Waals surface area contributed by atoms with Crippen LogP contribution in [0.3, 0.4) is 0 Å². The summed E-state index contributed by atoms with van der Waals surface area (Å²) in [5.41, 5.74) is -1.98. The number of ether oxygens (including phenoxy) is 2. The molecule has 1 rings (SSSR count). The maximum atomic E-state index is 12.1. The van der Waals surface area contributed by atoms with Crippen molar-refractivity contribution >= 4 is 59.8 Å². The fourth-order valence-corrected chi connectivity index (χ4v) is 2.21. The Hall–Kier alpha value is -0.670. The Morgan fingerprint density at radius 1 is 0.840 bits per heavy atom. The second-order valence-corrected chi connectivity index (χ2v) is 8.65. The van der Waals surface area contributed by atoms with Crippen molar-refractivity contribution in [2.45, 2.75) is 57.6 Å². The number of carbonyl (C=O) groups excluding carboxylic acids is 2. The molecule has 0 atom stereocenters. The van der Waals surface area contributed by atoms with Gasteiger partial charge in [-0.3, -0.25) is 4.55 Å². The van der Waals surface area contributed by atoms with Crippen molar-refractivity contribution in [2.24, 2.45) is 0 Å². The van der Waals surface area contributed by atoms with E-state index in [1.807, 2.05) is 0 Å². The minimum atomic E-state index is -4.62. The predicted octanol–water partition coefficient (Wildman–Crippen LogP) is 1.93. The van der Waals surface area contributed by atoms with Crippen molar-refractivity contribution in [3.8, 4) is 0 Å². The van der Waals surface area contributed by atoms with Crippen molar-refractivity contribution in [1.82, 2.24) is 0 Å². The van der Waals surface area contributed by atoms with Crippen molar-refractivity contribution in [3.63, 3.8) is 0 Å². The van der Waals surface area contributed by atoms with Gasteiger partial charge in [0.05, 0.1) is 16.0 Å². The van der Waals surface area contributed by atoms with Crippen molar-refractivity contribution in [1.29, 1.82) is 0 Å². The fourth-order valence-electron chi connectivity index (χ4n) is 1.66. The van der Waals surface area contributed by atoms with Gasteiger partial charge in [-0.05, 0) is 59.7 Å². The normalized spacial score (nSPS) is 12.1. The molecule has 1 aromatic rings. The van der Waals surface area contributed by atoms with Gasteiger partial charge in [0.25, 0.3) is 10.1 Å². The summed E-state index contributed by atoms with van der Waals surface area (Å²) >= 11 is 0. The van der Waals surface area contributed by atoms with Crippen LogP contribution in [0.15, 0.2) is 23.1 Å². The molecule has 0 bridgehead atoms. The van der Waals surface area contributed by atoms with E-state index in [1.165, 1.54) is 0 Å². The van der Waals surface area contributed by atoms with Crippen LogP contribution >= 0.6 is 0 Å². The van der Waals surface area contributed by atoms with Crippen LogP contribution in [0, 0.1) is 0 Å². The molecule has 0 spiro atoms. The van der Waals surface area contributed by atoms with Crippen LogP contribution < -0.4 is 0 Å². The van der Waals surface area contributed by atoms with Gasteiger partial charge < -0.3 is 9.47 Å². The van der Waals surface area contributed by atoms with Crippen LogP contribution in [0.4, 0.5) is 0 Å². The zero-order valence-corrected chi connectivity index (χ0v) is 15.4. The van der Waals surface area contributed by atoms with Gasteiger partial charge in [-0.1, -0.05) is 0 Å². The summed E-state index contributed by atoms with van der Waals surface area (Å²) in [5, 5.41) is 0. The number of hydrogen-bond donors (Lipinski definition) is 1. The third-order valence-corrected chi connectivity index (χ3v) is 3.30. The first-order valence-electron chi connectivity index (χ1n) is 7.18. The summed E-state index contributed by atoms with van der Waals surface area (Å²) in [4.78, 5) is 23.7. The first kappa shape index (κ1) is 24.3. The molecular weight excluding hydrogens is 376 g/mol. The molecule has 25 heavy (non-hydrogen) atoms. The molecule has 0 radical (unpaired) electrons. The van der Waals surface area contributed by atoms with Gasteiger partial charge in [0.1, 0.15) is 11.2 Å². The van der Waals surface area contributed by atoms with E-state index in [4.69, 9.17) is 9.47 Å². The second kappa shape index (κ2) is 8.35. The van der Waals surface area contributed by atoms with E-state index in [-0.39, 0.29) is 48.9 Å². The van der Waals surface area contributed by atoms with E-state index in [9.17, 15) is 22.6 Å². The van der Waals surface area contributed by atoms with Gasteiger partial charge in [0.15, 0.2) is 0 Å². The first-order valence-corrected chi connectivity index (χ1v) is 8.62. The predicted molar refractivity (Wildman–Crippen MR) is 95.1 cm³/mol. The molecular formula is C16H24CaO7S. The van der Waals surface area contributed by atoms with Gasteiger partial charge in [-0.15, -0.1) is 0 Å². The van der Waals surface area contributed by atoms with E-state index in [2.05, 4.69) is 0 Å². The summed E-state index contributed by atoms with van der Waals surface area (Å²) in [7, 11) is -4.62. The van der Waals surface area contributed by atoms with E-state index >= 15 is 0 Å². The van der Waals surface area contributed by atoms with Crippen molar-refractivity contribution in [3.05, 3.63) is 29.3 Å². The van der Waals surface area contributed by atoms with Crippen molar-refractivity contribution < 1.29 is 32.0 Å². The Bertz CT molecular complexity index is 709. The molecule has 138 valence electrons. The molecule has 9 heteroatoms. The molecule has 1 aromatic carbocycles. The average Bonchev–Trinajstić information content (AvgIpc) is 2.33. The minimum absolute atomic E-state index is 0. The van der Waals surface area contributed by atoms with E-state index in [1.54, 1.807) is 41.5 Å². The third kappa shape index (κ3) is 8.50. The van der Waals surface area contributed by atoms with Crippen molar-refractivity contribution in [2.75, 3.05) is 0 Å². The van der Waals surface area contributed by atoms with E-state index in [0.717, 1.165) is 18.2 Å². The first-order chi connectivity index (χ1) is 10.6. The van der Waals surface area contributed by atoms with Crippen LogP contribution in [0.2, 0.25) is 0 Å². The van der Waals surface area contributed by atoms with Crippen LogP contribution in [-0.2, 0) is 19.6 Å². The molecule has 0 unspecified atom stereocenters. The van der Waals surface area contributed by atoms with Gasteiger partial charge >= 0.3 is 49.7 Å². The quantitative estimate of drug-likeness (QED) is 0.469. The monoisotopic (exact) mass is 400 g/mol. The average molecular weight is 401 g/mol. The molecule has 0 aliphatic carbocycles. The van der Waals surface area contributed by atoms with Crippen LogP contribution in [0.5, 0.6) is 0 Å². The molecule has 0 aromatic heterocycles. The van der Waals surface area contributed by atoms with Gasteiger partial charge in [-0.25, -0.2) is 9.59 Å². The fraction of sp³-hybridized carbons (Fsp3) is 0.500. The number of esters is 2. The number of benzene rings is 1. The molecule has 0 fully saturated rings. The maximum absolute atomic E-state index is 12.1. The Morgan fingerprint density at radius 3 is 1.40 bits per heavy atom. The summed E-state index contributed by atoms with van der Waals surface area (Å²) in [6, 6.07) is 3.05. The van der Waals surface area contributed by atoms with E-state index < -0.39 is 38.2 Å². The number of carbonyl (C=O) groups is 2. The zero-order chi connectivity index (χ0) is 18.9. The van der Waals surface area contributed by atoms with E-state index in [0.29, 0.717) is 0 Å². The number of rotatable bonds is 3. The molecule has 0 aliphatic rings.